The molecule has 9 heteroatoms. The van der Waals surface area contributed by atoms with E-state index in [0.29, 0.717) is 17.0 Å². The first-order chi connectivity index (χ1) is 9.87. The van der Waals surface area contributed by atoms with Crippen molar-refractivity contribution in [1.29, 1.82) is 0 Å². The number of thiocarbonyl (C=S) groups is 1. The lowest BCUT2D eigenvalue weighted by molar-refractivity contribution is 0.576. The van der Waals surface area contributed by atoms with E-state index in [1.807, 2.05) is 0 Å². The highest BCUT2D eigenvalue weighted by Crippen LogP contribution is 2.09. The average molecular weight is 325 g/mol. The zero-order valence-electron chi connectivity index (χ0n) is 11.4. The quantitative estimate of drug-likeness (QED) is 0.729. The van der Waals surface area contributed by atoms with E-state index in [9.17, 15) is 8.42 Å². The van der Waals surface area contributed by atoms with Gasteiger partial charge in [0.15, 0.2) is 0 Å². The number of hydrogen-bond donors (Lipinski definition) is 2. The molecule has 112 valence electrons. The van der Waals surface area contributed by atoms with Gasteiger partial charge in [-0.15, -0.1) is 10.2 Å². The summed E-state index contributed by atoms with van der Waals surface area (Å²) in [6.45, 7) is 0.0911. The third kappa shape index (κ3) is 4.31. The van der Waals surface area contributed by atoms with Crippen LogP contribution in [0.1, 0.15) is 17.0 Å². The lowest BCUT2D eigenvalue weighted by Crippen LogP contribution is -2.26. The summed E-state index contributed by atoms with van der Waals surface area (Å²) in [6, 6.07) is 6.85. The molecule has 2 aromatic rings. The molecule has 0 saturated heterocycles. The van der Waals surface area contributed by atoms with Gasteiger partial charge in [0.25, 0.3) is 0 Å². The maximum absolute atomic E-state index is 12.1. The summed E-state index contributed by atoms with van der Waals surface area (Å²) in [5, 5.41) is 7.50. The number of aromatic nitrogens is 3. The fraction of sp³-hybridized carbons (Fsp3) is 0.250. The van der Waals surface area contributed by atoms with Crippen molar-refractivity contribution in [2.45, 2.75) is 12.3 Å². The molecule has 1 aromatic carbocycles. The lowest BCUT2D eigenvalue weighted by atomic mass is 10.1. The summed E-state index contributed by atoms with van der Waals surface area (Å²) < 4.78 is 28.2. The molecule has 0 atom stereocenters. The van der Waals surface area contributed by atoms with Gasteiger partial charge in [0.05, 0.1) is 12.3 Å². The van der Waals surface area contributed by atoms with Gasteiger partial charge in [-0.25, -0.2) is 13.1 Å². The zero-order valence-corrected chi connectivity index (χ0v) is 13.0. The van der Waals surface area contributed by atoms with E-state index >= 15 is 0 Å². The minimum atomic E-state index is -3.49. The summed E-state index contributed by atoms with van der Waals surface area (Å²) in [4.78, 5) is 0.237. The molecule has 0 aliphatic heterocycles. The SMILES string of the molecule is Cn1cnnc1CNS(=O)(=O)Cc1cccc(C(N)=S)c1. The van der Waals surface area contributed by atoms with Gasteiger partial charge in [-0.05, 0) is 11.6 Å². The van der Waals surface area contributed by atoms with Crippen molar-refractivity contribution >= 4 is 27.2 Å². The highest BCUT2D eigenvalue weighted by Gasteiger charge is 2.13. The third-order valence-corrected chi connectivity index (χ3v) is 4.36. The molecule has 0 spiro atoms. The topological polar surface area (TPSA) is 103 Å². The molecule has 0 radical (unpaired) electrons. The van der Waals surface area contributed by atoms with Crippen molar-refractivity contribution in [3.63, 3.8) is 0 Å². The number of benzene rings is 1. The predicted octanol–water partition coefficient (Wildman–Crippen LogP) is 0.0689. The molecule has 3 N–H and O–H groups in total. The highest BCUT2D eigenvalue weighted by atomic mass is 32.2. The molecule has 0 bridgehead atoms. The van der Waals surface area contributed by atoms with Gasteiger partial charge in [-0.1, -0.05) is 30.4 Å². The van der Waals surface area contributed by atoms with Crippen LogP contribution in [0.3, 0.4) is 0 Å². The van der Waals surface area contributed by atoms with E-state index in [2.05, 4.69) is 14.9 Å². The Kier molecular flexibility index (Phi) is 4.66. The van der Waals surface area contributed by atoms with Crippen LogP contribution in [0.5, 0.6) is 0 Å². The molecule has 2 rings (SSSR count). The van der Waals surface area contributed by atoms with Crippen molar-refractivity contribution in [1.82, 2.24) is 19.5 Å². The van der Waals surface area contributed by atoms with Crippen molar-refractivity contribution in [2.75, 3.05) is 0 Å². The number of aryl methyl sites for hydroxylation is 1. The minimum absolute atomic E-state index is 0.0911. The summed E-state index contributed by atoms with van der Waals surface area (Å²) in [5.74, 6) is 0.386. The van der Waals surface area contributed by atoms with E-state index in [-0.39, 0.29) is 17.3 Å². The van der Waals surface area contributed by atoms with E-state index in [0.717, 1.165) is 0 Å². The second kappa shape index (κ2) is 6.29. The number of sulfonamides is 1. The van der Waals surface area contributed by atoms with Crippen LogP contribution >= 0.6 is 12.2 Å². The second-order valence-corrected chi connectivity index (χ2v) is 6.75. The molecule has 0 amide bonds. The van der Waals surface area contributed by atoms with Crippen molar-refractivity contribution in [2.24, 2.45) is 12.8 Å². The van der Waals surface area contributed by atoms with E-state index < -0.39 is 10.0 Å². The maximum atomic E-state index is 12.1. The standard InChI is InChI=1S/C12H15N5O2S2/c1-17-8-14-16-11(17)6-15-21(18,19)7-9-3-2-4-10(5-9)12(13)20/h2-5,8,15H,6-7H2,1H3,(H2,13,20). The van der Waals surface area contributed by atoms with Gasteiger partial charge in [0, 0.05) is 12.6 Å². The normalized spacial score (nSPS) is 11.5. The van der Waals surface area contributed by atoms with Crippen LogP contribution in [-0.4, -0.2) is 28.2 Å². The van der Waals surface area contributed by atoms with Crippen LogP contribution in [0, 0.1) is 0 Å². The van der Waals surface area contributed by atoms with Crippen LogP contribution in [0.25, 0.3) is 0 Å². The zero-order chi connectivity index (χ0) is 15.5. The molecule has 0 fully saturated rings. The largest absolute Gasteiger partial charge is 0.389 e. The van der Waals surface area contributed by atoms with Crippen molar-refractivity contribution < 1.29 is 8.42 Å². The first kappa shape index (κ1) is 15.5. The summed E-state index contributed by atoms with van der Waals surface area (Å²) in [7, 11) is -1.74. The van der Waals surface area contributed by atoms with Gasteiger partial charge in [0.1, 0.15) is 17.1 Å². The smallest absolute Gasteiger partial charge is 0.216 e. The van der Waals surface area contributed by atoms with E-state index in [1.54, 1.807) is 35.9 Å². The minimum Gasteiger partial charge on any atom is -0.389 e. The number of nitrogens with two attached hydrogens (primary N) is 1. The van der Waals surface area contributed by atoms with Crippen molar-refractivity contribution in [3.8, 4) is 0 Å². The monoisotopic (exact) mass is 325 g/mol. The van der Waals surface area contributed by atoms with Gasteiger partial charge in [-0.2, -0.15) is 0 Å². The fourth-order valence-corrected chi connectivity index (χ4v) is 2.92. The summed E-state index contributed by atoms with van der Waals surface area (Å²) in [5.41, 5.74) is 6.80. The van der Waals surface area contributed by atoms with Crippen LogP contribution in [0.4, 0.5) is 0 Å². The summed E-state index contributed by atoms with van der Waals surface area (Å²) in [6.07, 6.45) is 1.51. The Bertz CT molecular complexity index is 755. The molecule has 0 aliphatic carbocycles. The highest BCUT2D eigenvalue weighted by molar-refractivity contribution is 7.88. The van der Waals surface area contributed by atoms with Crippen molar-refractivity contribution in [3.05, 3.63) is 47.5 Å². The Hall–Kier alpha value is -1.84. The lowest BCUT2D eigenvalue weighted by Gasteiger charge is -2.07. The Morgan fingerprint density at radius 1 is 1.48 bits per heavy atom. The summed E-state index contributed by atoms with van der Waals surface area (Å²) >= 11 is 4.88. The van der Waals surface area contributed by atoms with Gasteiger partial charge >= 0.3 is 0 Å². The van der Waals surface area contributed by atoms with E-state index in [4.69, 9.17) is 18.0 Å². The Morgan fingerprint density at radius 3 is 2.86 bits per heavy atom. The average Bonchev–Trinajstić information content (AvgIpc) is 2.82. The first-order valence-corrected chi connectivity index (χ1v) is 8.12. The fourth-order valence-electron chi connectivity index (χ4n) is 1.73. The van der Waals surface area contributed by atoms with E-state index in [1.165, 1.54) is 6.33 Å². The predicted molar refractivity (Wildman–Crippen MR) is 82.8 cm³/mol. The van der Waals surface area contributed by atoms with Crippen LogP contribution in [0.15, 0.2) is 30.6 Å². The Balaban J connectivity index is 2.05. The molecule has 1 aromatic heterocycles. The number of nitrogens with one attached hydrogen (secondary N) is 1. The molecular formula is C12H15N5O2S2. The first-order valence-electron chi connectivity index (χ1n) is 6.06. The maximum Gasteiger partial charge on any atom is 0.216 e. The molecule has 1 heterocycles. The second-order valence-electron chi connectivity index (χ2n) is 4.50. The number of nitrogens with zero attached hydrogens (tertiary/aromatic N) is 3. The number of hydrogen-bond acceptors (Lipinski definition) is 5. The Morgan fingerprint density at radius 2 is 2.24 bits per heavy atom. The third-order valence-electron chi connectivity index (χ3n) is 2.82. The van der Waals surface area contributed by atoms with Gasteiger partial charge in [-0.3, -0.25) is 0 Å². The molecule has 21 heavy (non-hydrogen) atoms. The molecule has 7 nitrogen and oxygen atoms in total. The van der Waals surface area contributed by atoms with Gasteiger partial charge in [0.2, 0.25) is 10.0 Å². The van der Waals surface area contributed by atoms with Crippen LogP contribution in [-0.2, 0) is 29.4 Å². The molecule has 0 unspecified atom stereocenters. The van der Waals surface area contributed by atoms with Crippen LogP contribution < -0.4 is 10.5 Å². The molecule has 0 aliphatic rings. The van der Waals surface area contributed by atoms with Gasteiger partial charge < -0.3 is 10.3 Å². The molecule has 0 saturated carbocycles. The molecular weight excluding hydrogens is 310 g/mol. The number of rotatable bonds is 6. The van der Waals surface area contributed by atoms with Crippen LogP contribution in [0.2, 0.25) is 0 Å². The Labute approximate surface area is 128 Å².